The van der Waals surface area contributed by atoms with Gasteiger partial charge < -0.3 is 24.5 Å². The van der Waals surface area contributed by atoms with Crippen molar-refractivity contribution in [3.8, 4) is 0 Å². The van der Waals surface area contributed by atoms with Crippen LogP contribution in [0.1, 0.15) is 30.4 Å². The molecule has 3 aliphatic heterocycles. The largest absolute Gasteiger partial charge is 0.396 e. The molecule has 3 saturated heterocycles. The van der Waals surface area contributed by atoms with E-state index >= 15 is 0 Å². The first-order valence-electron chi connectivity index (χ1n) is 14.4. The lowest BCUT2D eigenvalue weighted by Gasteiger charge is -2.37. The Balaban J connectivity index is 1.57. The van der Waals surface area contributed by atoms with E-state index in [1.54, 1.807) is 26.9 Å². The van der Waals surface area contributed by atoms with Crippen molar-refractivity contribution in [1.82, 2.24) is 4.90 Å². The van der Waals surface area contributed by atoms with Crippen molar-refractivity contribution < 1.29 is 24.2 Å². The highest BCUT2D eigenvalue weighted by Crippen LogP contribution is 2.59. The van der Waals surface area contributed by atoms with Crippen LogP contribution in [0.15, 0.2) is 73.8 Å². The van der Waals surface area contributed by atoms with Gasteiger partial charge >= 0.3 is 0 Å². The lowest BCUT2D eigenvalue weighted by Crippen LogP contribution is -2.57. The van der Waals surface area contributed by atoms with Crippen LogP contribution in [-0.2, 0) is 19.1 Å². The third-order valence-electron chi connectivity index (χ3n) is 8.81. The van der Waals surface area contributed by atoms with Gasteiger partial charge in [0.15, 0.2) is 0 Å². The monoisotopic (exact) mass is 557 g/mol. The van der Waals surface area contributed by atoms with Crippen molar-refractivity contribution in [3.63, 3.8) is 0 Å². The van der Waals surface area contributed by atoms with E-state index in [4.69, 9.17) is 4.74 Å². The number of hydrogen-bond acceptors (Lipinski definition) is 5. The van der Waals surface area contributed by atoms with E-state index in [9.17, 15) is 19.5 Å². The minimum Gasteiger partial charge on any atom is -0.396 e. The van der Waals surface area contributed by atoms with Crippen LogP contribution in [0.25, 0.3) is 0 Å². The number of fused-ring (bicyclic) bond motifs is 1. The van der Waals surface area contributed by atoms with Crippen LogP contribution >= 0.6 is 0 Å². The topological polar surface area (TPSA) is 90.4 Å². The highest BCUT2D eigenvalue weighted by Gasteiger charge is 2.75. The number of aryl methyl sites for hydroxylation is 2. The van der Waals surface area contributed by atoms with Crippen molar-refractivity contribution in [1.29, 1.82) is 0 Å². The number of para-hydroxylation sites is 2. The molecule has 2 aromatic rings. The molecule has 41 heavy (non-hydrogen) atoms. The Bertz CT molecular complexity index is 1320. The Labute approximate surface area is 241 Å². The normalized spacial score (nSPS) is 26.1. The summed E-state index contributed by atoms with van der Waals surface area (Å²) in [7, 11) is 0. The van der Waals surface area contributed by atoms with Crippen molar-refractivity contribution in [3.05, 3.63) is 85.0 Å². The third kappa shape index (κ3) is 4.69. The number of carbonyl (C=O) groups excluding carboxylic acids is 3. The fourth-order valence-corrected chi connectivity index (χ4v) is 7.23. The van der Waals surface area contributed by atoms with E-state index in [-0.39, 0.29) is 44.0 Å². The van der Waals surface area contributed by atoms with Gasteiger partial charge in [-0.3, -0.25) is 14.4 Å². The molecule has 3 amide bonds. The summed E-state index contributed by atoms with van der Waals surface area (Å²) in [5, 5.41) is 9.66. The molecule has 3 aliphatic rings. The molecule has 0 aliphatic carbocycles. The van der Waals surface area contributed by atoms with Gasteiger partial charge in [0.25, 0.3) is 5.91 Å². The zero-order valence-electron chi connectivity index (χ0n) is 23.9. The molecule has 0 saturated carbocycles. The summed E-state index contributed by atoms with van der Waals surface area (Å²) in [4.78, 5) is 48.1. The van der Waals surface area contributed by atoms with Gasteiger partial charge in [-0.1, -0.05) is 48.6 Å². The lowest BCUT2D eigenvalue weighted by atomic mass is 9.70. The first-order valence-corrected chi connectivity index (χ1v) is 14.4. The van der Waals surface area contributed by atoms with Crippen molar-refractivity contribution >= 4 is 29.1 Å². The van der Waals surface area contributed by atoms with Crippen LogP contribution in [0.5, 0.6) is 0 Å². The average molecular weight is 558 g/mol. The fourth-order valence-electron chi connectivity index (χ4n) is 7.23. The Morgan fingerprint density at radius 3 is 2.32 bits per heavy atom. The summed E-state index contributed by atoms with van der Waals surface area (Å²) < 4.78 is 6.65. The maximum atomic E-state index is 14.7. The van der Waals surface area contributed by atoms with Gasteiger partial charge in [0.1, 0.15) is 11.6 Å². The van der Waals surface area contributed by atoms with Crippen LogP contribution in [0.4, 0.5) is 11.4 Å². The molecule has 0 radical (unpaired) electrons. The van der Waals surface area contributed by atoms with E-state index in [2.05, 4.69) is 13.2 Å². The second-order valence-electron chi connectivity index (χ2n) is 11.2. The van der Waals surface area contributed by atoms with Gasteiger partial charge in [-0.2, -0.15) is 0 Å². The van der Waals surface area contributed by atoms with Crippen molar-refractivity contribution in [2.24, 2.45) is 11.8 Å². The summed E-state index contributed by atoms with van der Waals surface area (Å²) in [5.41, 5.74) is 2.26. The van der Waals surface area contributed by atoms with Gasteiger partial charge in [-0.05, 0) is 56.4 Å². The predicted molar refractivity (Wildman–Crippen MR) is 158 cm³/mol. The second-order valence-corrected chi connectivity index (χ2v) is 11.2. The number of amides is 3. The molecule has 0 aromatic heterocycles. The van der Waals surface area contributed by atoms with E-state index in [0.29, 0.717) is 19.3 Å². The molecule has 5 rings (SSSR count). The minimum atomic E-state index is -1.12. The van der Waals surface area contributed by atoms with E-state index in [1.165, 1.54) is 0 Å². The SMILES string of the molecule is C=CCN(C(=O)[C@@H]1[C@H]2C(=O)N(CCCO)C(C(=O)N(CC=C)c3c(C)cccc3C)C23CC[C@H]1O3)c1ccccc1. The maximum absolute atomic E-state index is 14.7. The first kappa shape index (κ1) is 28.8. The zero-order valence-corrected chi connectivity index (χ0v) is 23.9. The summed E-state index contributed by atoms with van der Waals surface area (Å²) in [6.07, 6.45) is 4.29. The van der Waals surface area contributed by atoms with Crippen molar-refractivity contribution in [2.75, 3.05) is 36.0 Å². The molecule has 8 heteroatoms. The Morgan fingerprint density at radius 2 is 1.68 bits per heavy atom. The van der Waals surface area contributed by atoms with E-state index in [1.807, 2.05) is 62.4 Å². The predicted octanol–water partition coefficient (Wildman–Crippen LogP) is 3.80. The quantitative estimate of drug-likeness (QED) is 0.425. The molecule has 3 heterocycles. The molecule has 216 valence electrons. The average Bonchev–Trinajstić information content (AvgIpc) is 3.61. The molecular weight excluding hydrogens is 518 g/mol. The van der Waals surface area contributed by atoms with Gasteiger partial charge in [-0.25, -0.2) is 0 Å². The molecule has 1 spiro atoms. The molecule has 1 N–H and O–H groups in total. The Hall–Kier alpha value is -3.75. The summed E-state index contributed by atoms with van der Waals surface area (Å²) in [6.45, 7) is 12.3. The van der Waals surface area contributed by atoms with Gasteiger partial charge in [-0.15, -0.1) is 13.2 Å². The fraction of sp³-hybridized carbons (Fsp3) is 0.424. The van der Waals surface area contributed by atoms with Gasteiger partial charge in [0, 0.05) is 37.6 Å². The Kier molecular flexibility index (Phi) is 8.16. The number of rotatable bonds is 11. The number of benzene rings is 2. The van der Waals surface area contributed by atoms with E-state index < -0.39 is 29.6 Å². The number of likely N-dealkylation sites (tertiary alicyclic amines) is 1. The second kappa shape index (κ2) is 11.6. The highest BCUT2D eigenvalue weighted by atomic mass is 16.5. The number of anilines is 2. The smallest absolute Gasteiger partial charge is 0.253 e. The molecule has 2 aromatic carbocycles. The van der Waals surface area contributed by atoms with Crippen LogP contribution in [0.2, 0.25) is 0 Å². The lowest BCUT2D eigenvalue weighted by molar-refractivity contribution is -0.141. The molecule has 2 bridgehead atoms. The summed E-state index contributed by atoms with van der Waals surface area (Å²) in [6, 6.07) is 14.3. The number of aliphatic hydroxyl groups excluding tert-OH is 1. The molecule has 5 atom stereocenters. The molecule has 2 unspecified atom stereocenters. The number of hydrogen-bond donors (Lipinski definition) is 1. The number of nitrogens with zero attached hydrogens (tertiary/aromatic N) is 3. The first-order chi connectivity index (χ1) is 19.8. The molecular formula is C33H39N3O5. The van der Waals surface area contributed by atoms with Crippen LogP contribution < -0.4 is 9.80 Å². The zero-order chi connectivity index (χ0) is 29.3. The Morgan fingerprint density at radius 1 is 1.02 bits per heavy atom. The van der Waals surface area contributed by atoms with Gasteiger partial charge in [0.2, 0.25) is 11.8 Å². The third-order valence-corrected chi connectivity index (χ3v) is 8.81. The standard InChI is InChI=1S/C33H39N3O5/c1-5-18-34(24-14-8-7-9-15-24)30(38)26-25-16-17-33(41-25)27(26)31(39)36(20-11-21-37)29(33)32(40)35(19-6-2)28-22(3)12-10-13-23(28)4/h5-10,12-15,25-27,29,37H,1-2,11,16-21H2,3-4H3/t25-,26+,27+,29?,33?/m1/s1. The van der Waals surface area contributed by atoms with Crippen LogP contribution in [0, 0.1) is 25.7 Å². The molecule has 8 nitrogen and oxygen atoms in total. The van der Waals surface area contributed by atoms with Crippen LogP contribution in [-0.4, -0.2) is 71.7 Å². The number of aliphatic hydroxyl groups is 1. The van der Waals surface area contributed by atoms with Gasteiger partial charge in [0.05, 0.1) is 17.9 Å². The van der Waals surface area contributed by atoms with Crippen LogP contribution in [0.3, 0.4) is 0 Å². The number of carbonyl (C=O) groups is 3. The van der Waals surface area contributed by atoms with Crippen molar-refractivity contribution in [2.45, 2.75) is 50.9 Å². The highest BCUT2D eigenvalue weighted by molar-refractivity contribution is 6.07. The van der Waals surface area contributed by atoms with E-state index in [0.717, 1.165) is 22.5 Å². The number of ether oxygens (including phenoxy) is 1. The maximum Gasteiger partial charge on any atom is 0.253 e. The summed E-state index contributed by atoms with van der Waals surface area (Å²) in [5.74, 6) is -2.23. The summed E-state index contributed by atoms with van der Waals surface area (Å²) >= 11 is 0. The minimum absolute atomic E-state index is 0.122. The molecule has 3 fully saturated rings.